The molecule has 0 aromatic heterocycles. The Morgan fingerprint density at radius 2 is 1.89 bits per heavy atom. The summed E-state index contributed by atoms with van der Waals surface area (Å²) in [7, 11) is 0. The molecule has 0 fully saturated rings. The van der Waals surface area contributed by atoms with E-state index in [9.17, 15) is 0 Å². The fourth-order valence-corrected chi connectivity index (χ4v) is 1.39. The zero-order valence-corrected chi connectivity index (χ0v) is 12.9. The SMILES string of the molecule is CCC(C)CN.Cc1ccc(OCCCN)c(C)c1. The monoisotopic (exact) mass is 266 g/mol. The summed E-state index contributed by atoms with van der Waals surface area (Å²) in [6, 6.07) is 6.20. The summed E-state index contributed by atoms with van der Waals surface area (Å²) in [5.41, 5.74) is 13.1. The molecule has 0 radical (unpaired) electrons. The fraction of sp³-hybridized carbons (Fsp3) is 0.625. The van der Waals surface area contributed by atoms with Crippen molar-refractivity contribution < 1.29 is 4.74 Å². The van der Waals surface area contributed by atoms with E-state index in [0.717, 1.165) is 18.7 Å². The van der Waals surface area contributed by atoms with Gasteiger partial charge in [0.25, 0.3) is 0 Å². The van der Waals surface area contributed by atoms with Crippen molar-refractivity contribution in [1.29, 1.82) is 0 Å². The number of rotatable bonds is 6. The van der Waals surface area contributed by atoms with Gasteiger partial charge >= 0.3 is 0 Å². The van der Waals surface area contributed by atoms with E-state index in [1.54, 1.807) is 0 Å². The van der Waals surface area contributed by atoms with Gasteiger partial charge in [0, 0.05) is 0 Å². The van der Waals surface area contributed by atoms with Gasteiger partial charge in [0.2, 0.25) is 0 Å². The van der Waals surface area contributed by atoms with Crippen LogP contribution in [-0.4, -0.2) is 19.7 Å². The predicted octanol–water partition coefficient (Wildman–Crippen LogP) is 3.02. The first-order valence-corrected chi connectivity index (χ1v) is 7.15. The lowest BCUT2D eigenvalue weighted by Crippen LogP contribution is -2.08. The molecule has 1 aromatic carbocycles. The maximum atomic E-state index is 5.55. The predicted molar refractivity (Wildman–Crippen MR) is 83.6 cm³/mol. The van der Waals surface area contributed by atoms with Crippen LogP contribution in [0.3, 0.4) is 0 Å². The number of hydrogen-bond donors (Lipinski definition) is 2. The first-order valence-electron chi connectivity index (χ1n) is 7.15. The molecule has 1 rings (SSSR count). The smallest absolute Gasteiger partial charge is 0.122 e. The highest BCUT2D eigenvalue weighted by molar-refractivity contribution is 5.35. The largest absolute Gasteiger partial charge is 0.493 e. The van der Waals surface area contributed by atoms with E-state index in [-0.39, 0.29) is 0 Å². The molecule has 1 aromatic rings. The van der Waals surface area contributed by atoms with Crippen LogP contribution in [0.15, 0.2) is 18.2 Å². The van der Waals surface area contributed by atoms with Crippen molar-refractivity contribution in [2.24, 2.45) is 17.4 Å². The van der Waals surface area contributed by atoms with E-state index in [2.05, 4.69) is 39.8 Å². The second kappa shape index (κ2) is 10.8. The summed E-state index contributed by atoms with van der Waals surface area (Å²) in [5, 5.41) is 0. The van der Waals surface area contributed by atoms with Gasteiger partial charge in [-0.15, -0.1) is 0 Å². The van der Waals surface area contributed by atoms with Crippen LogP contribution in [0.2, 0.25) is 0 Å². The zero-order chi connectivity index (χ0) is 14.7. The molecule has 110 valence electrons. The van der Waals surface area contributed by atoms with Crippen LogP contribution in [-0.2, 0) is 0 Å². The molecule has 0 spiro atoms. The van der Waals surface area contributed by atoms with Crippen molar-refractivity contribution in [2.45, 2.75) is 40.5 Å². The molecule has 1 atom stereocenters. The molecule has 0 aliphatic rings. The Kier molecular flexibility index (Phi) is 10.2. The molecule has 3 heteroatoms. The Morgan fingerprint density at radius 3 is 2.32 bits per heavy atom. The molecule has 4 N–H and O–H groups in total. The Bertz CT molecular complexity index is 336. The van der Waals surface area contributed by atoms with Gasteiger partial charge in [-0.3, -0.25) is 0 Å². The van der Waals surface area contributed by atoms with Crippen molar-refractivity contribution >= 4 is 0 Å². The Morgan fingerprint density at radius 1 is 1.21 bits per heavy atom. The van der Waals surface area contributed by atoms with E-state index in [4.69, 9.17) is 16.2 Å². The van der Waals surface area contributed by atoms with Gasteiger partial charge in [-0.05, 0) is 50.9 Å². The second-order valence-corrected chi connectivity index (χ2v) is 5.01. The topological polar surface area (TPSA) is 61.3 Å². The van der Waals surface area contributed by atoms with E-state index >= 15 is 0 Å². The van der Waals surface area contributed by atoms with Gasteiger partial charge < -0.3 is 16.2 Å². The summed E-state index contributed by atoms with van der Waals surface area (Å²) in [5.74, 6) is 1.68. The first-order chi connectivity index (χ1) is 9.04. The van der Waals surface area contributed by atoms with Crippen LogP contribution in [0.4, 0.5) is 0 Å². The molecule has 0 bridgehead atoms. The van der Waals surface area contributed by atoms with Crippen LogP contribution in [0, 0.1) is 19.8 Å². The molecular formula is C16H30N2O. The quantitative estimate of drug-likeness (QED) is 0.778. The van der Waals surface area contributed by atoms with Crippen LogP contribution in [0.25, 0.3) is 0 Å². The lowest BCUT2D eigenvalue weighted by molar-refractivity contribution is 0.311. The highest BCUT2D eigenvalue weighted by atomic mass is 16.5. The highest BCUT2D eigenvalue weighted by Crippen LogP contribution is 2.18. The van der Waals surface area contributed by atoms with Crippen LogP contribution < -0.4 is 16.2 Å². The lowest BCUT2D eigenvalue weighted by atomic mass is 10.1. The number of nitrogens with two attached hydrogens (primary N) is 2. The first kappa shape index (κ1) is 17.9. The van der Waals surface area contributed by atoms with Gasteiger partial charge in [0.1, 0.15) is 5.75 Å². The summed E-state index contributed by atoms with van der Waals surface area (Å²) in [6.07, 6.45) is 2.11. The molecule has 0 aliphatic heterocycles. The van der Waals surface area contributed by atoms with Crippen molar-refractivity contribution in [3.05, 3.63) is 29.3 Å². The highest BCUT2D eigenvalue weighted by Gasteiger charge is 1.98. The Labute approximate surface area is 118 Å². The van der Waals surface area contributed by atoms with Crippen molar-refractivity contribution in [1.82, 2.24) is 0 Å². The van der Waals surface area contributed by atoms with Gasteiger partial charge in [-0.1, -0.05) is 38.0 Å². The summed E-state index contributed by atoms with van der Waals surface area (Å²) in [4.78, 5) is 0. The zero-order valence-electron chi connectivity index (χ0n) is 12.9. The third-order valence-electron chi connectivity index (χ3n) is 3.04. The molecule has 0 saturated heterocycles. The van der Waals surface area contributed by atoms with Crippen molar-refractivity contribution in [2.75, 3.05) is 19.7 Å². The molecule has 1 unspecified atom stereocenters. The number of aryl methyl sites for hydroxylation is 2. The summed E-state index contributed by atoms with van der Waals surface area (Å²) >= 11 is 0. The van der Waals surface area contributed by atoms with Crippen molar-refractivity contribution in [3.63, 3.8) is 0 Å². The van der Waals surface area contributed by atoms with Crippen molar-refractivity contribution in [3.8, 4) is 5.75 Å². The van der Waals surface area contributed by atoms with Gasteiger partial charge in [0.05, 0.1) is 6.61 Å². The van der Waals surface area contributed by atoms with Crippen LogP contribution in [0.1, 0.15) is 37.8 Å². The number of hydrogen-bond acceptors (Lipinski definition) is 3. The molecule has 0 aliphatic carbocycles. The molecular weight excluding hydrogens is 236 g/mol. The lowest BCUT2D eigenvalue weighted by Gasteiger charge is -2.08. The molecule has 0 saturated carbocycles. The number of benzene rings is 1. The standard InChI is InChI=1S/C11H17NO.C5H13N/c1-9-4-5-11(10(2)8-9)13-7-3-6-12;1-3-5(2)4-6/h4-5,8H,3,6-7,12H2,1-2H3;5H,3-4,6H2,1-2H3. The second-order valence-electron chi connectivity index (χ2n) is 5.01. The third kappa shape index (κ3) is 8.62. The normalized spacial score (nSPS) is 11.5. The molecule has 19 heavy (non-hydrogen) atoms. The average molecular weight is 266 g/mol. The Hall–Kier alpha value is -1.06. The maximum Gasteiger partial charge on any atom is 0.122 e. The fourth-order valence-electron chi connectivity index (χ4n) is 1.39. The van der Waals surface area contributed by atoms with E-state index < -0.39 is 0 Å². The minimum Gasteiger partial charge on any atom is -0.493 e. The van der Waals surface area contributed by atoms with Crippen LogP contribution >= 0.6 is 0 Å². The third-order valence-corrected chi connectivity index (χ3v) is 3.04. The average Bonchev–Trinajstić information content (AvgIpc) is 2.41. The minimum atomic E-state index is 0.685. The minimum absolute atomic E-state index is 0.685. The molecule has 0 heterocycles. The van der Waals surface area contributed by atoms with Gasteiger partial charge in [-0.2, -0.15) is 0 Å². The van der Waals surface area contributed by atoms with E-state index in [0.29, 0.717) is 19.1 Å². The summed E-state index contributed by atoms with van der Waals surface area (Å²) < 4.78 is 5.55. The summed E-state index contributed by atoms with van der Waals surface area (Å²) in [6.45, 7) is 10.7. The van der Waals surface area contributed by atoms with E-state index in [1.807, 2.05) is 6.07 Å². The molecule has 3 nitrogen and oxygen atoms in total. The maximum absolute atomic E-state index is 5.55. The Balaban J connectivity index is 0.000000459. The number of ether oxygens (including phenoxy) is 1. The molecule has 0 amide bonds. The van der Waals surface area contributed by atoms with E-state index in [1.165, 1.54) is 17.5 Å². The van der Waals surface area contributed by atoms with Crippen LogP contribution in [0.5, 0.6) is 5.75 Å². The van der Waals surface area contributed by atoms with Gasteiger partial charge in [0.15, 0.2) is 0 Å². The van der Waals surface area contributed by atoms with Gasteiger partial charge in [-0.25, -0.2) is 0 Å².